The summed E-state index contributed by atoms with van der Waals surface area (Å²) in [7, 11) is 3.30. The van der Waals surface area contributed by atoms with Crippen LogP contribution in [-0.4, -0.2) is 31.8 Å². The number of carbonyl (C=O) groups is 1. The maximum absolute atomic E-state index is 12.6. The van der Waals surface area contributed by atoms with E-state index in [1.54, 1.807) is 14.2 Å². The second-order valence-electron chi connectivity index (χ2n) is 7.91. The van der Waals surface area contributed by atoms with Gasteiger partial charge in [0.25, 0.3) is 5.91 Å². The molecule has 0 fully saturated rings. The van der Waals surface area contributed by atoms with Gasteiger partial charge < -0.3 is 20.1 Å². The monoisotopic (exact) mass is 492 g/mol. The van der Waals surface area contributed by atoms with E-state index < -0.39 is 0 Å². The molecule has 3 aromatic carbocycles. The molecule has 0 aliphatic heterocycles. The lowest BCUT2D eigenvalue weighted by atomic mass is 9.85. The first kappa shape index (κ1) is 26.0. The van der Waals surface area contributed by atoms with Crippen LogP contribution in [0.5, 0.6) is 11.5 Å². The van der Waals surface area contributed by atoms with Crippen molar-refractivity contribution in [2.45, 2.75) is 25.3 Å². The molecule has 4 N–H and O–H groups in total. The molecule has 0 spiro atoms. The SMILES string of the molecule is CCC(c1ccc(OC)cc1)C(NCC(=O)NNC(=S)Nc1ccccc1)c1ccc(OC)cc1. The number of thiocarbonyl (C=S) groups is 1. The zero-order chi connectivity index (χ0) is 25.0. The zero-order valence-corrected chi connectivity index (χ0v) is 21.0. The first-order valence-electron chi connectivity index (χ1n) is 11.5. The lowest BCUT2D eigenvalue weighted by Gasteiger charge is -2.28. The third kappa shape index (κ3) is 7.70. The molecule has 0 aromatic heterocycles. The van der Waals surface area contributed by atoms with Crippen molar-refractivity contribution in [2.75, 3.05) is 26.1 Å². The van der Waals surface area contributed by atoms with Crippen molar-refractivity contribution in [1.82, 2.24) is 16.2 Å². The summed E-state index contributed by atoms with van der Waals surface area (Å²) in [4.78, 5) is 12.6. The first-order valence-corrected chi connectivity index (χ1v) is 11.9. The molecule has 0 aliphatic carbocycles. The minimum Gasteiger partial charge on any atom is -0.497 e. The van der Waals surface area contributed by atoms with Gasteiger partial charge >= 0.3 is 0 Å². The number of carbonyl (C=O) groups excluding carboxylic acids is 1. The van der Waals surface area contributed by atoms with Crippen molar-refractivity contribution in [3.63, 3.8) is 0 Å². The van der Waals surface area contributed by atoms with E-state index in [4.69, 9.17) is 21.7 Å². The van der Waals surface area contributed by atoms with E-state index in [1.165, 1.54) is 0 Å². The molecule has 0 radical (unpaired) electrons. The smallest absolute Gasteiger partial charge is 0.252 e. The second-order valence-corrected chi connectivity index (χ2v) is 8.32. The van der Waals surface area contributed by atoms with Crippen LogP contribution in [0.15, 0.2) is 78.9 Å². The molecule has 8 heteroatoms. The van der Waals surface area contributed by atoms with Crippen molar-refractivity contribution in [1.29, 1.82) is 0 Å². The Morgan fingerprint density at radius 2 is 1.40 bits per heavy atom. The van der Waals surface area contributed by atoms with E-state index in [2.05, 4.69) is 40.5 Å². The maximum atomic E-state index is 12.6. The number of methoxy groups -OCH3 is 2. The Morgan fingerprint density at radius 3 is 1.94 bits per heavy atom. The van der Waals surface area contributed by atoms with Gasteiger partial charge in [-0.05, 0) is 66.2 Å². The molecule has 7 nitrogen and oxygen atoms in total. The van der Waals surface area contributed by atoms with Crippen LogP contribution in [0.1, 0.15) is 36.4 Å². The van der Waals surface area contributed by atoms with Crippen LogP contribution in [0.4, 0.5) is 5.69 Å². The number of amides is 1. The number of ether oxygens (including phenoxy) is 2. The maximum Gasteiger partial charge on any atom is 0.252 e. The van der Waals surface area contributed by atoms with Gasteiger partial charge in [-0.2, -0.15) is 0 Å². The zero-order valence-electron chi connectivity index (χ0n) is 20.2. The molecule has 2 atom stereocenters. The Hall–Kier alpha value is -3.62. The van der Waals surface area contributed by atoms with Crippen LogP contribution in [0.3, 0.4) is 0 Å². The number of nitrogens with one attached hydrogen (secondary N) is 4. The standard InChI is InChI=1S/C27H32N4O3S/c1-4-24(19-10-14-22(33-2)15-11-19)26(20-12-16-23(34-3)17-13-20)28-18-25(32)30-31-27(35)29-21-8-6-5-7-9-21/h5-17,24,26,28H,4,18H2,1-3H3,(H,30,32)(H2,29,31,35). The third-order valence-electron chi connectivity index (χ3n) is 5.69. The quantitative estimate of drug-likeness (QED) is 0.244. The van der Waals surface area contributed by atoms with Gasteiger partial charge in [0.15, 0.2) is 5.11 Å². The van der Waals surface area contributed by atoms with Crippen molar-refractivity contribution in [3.8, 4) is 11.5 Å². The van der Waals surface area contributed by atoms with Crippen LogP contribution in [0, 0.1) is 0 Å². The van der Waals surface area contributed by atoms with Crippen LogP contribution in [0.2, 0.25) is 0 Å². The van der Waals surface area contributed by atoms with Crippen LogP contribution < -0.4 is 31.0 Å². The molecule has 0 saturated heterocycles. The van der Waals surface area contributed by atoms with Gasteiger partial charge in [0.2, 0.25) is 0 Å². The molecule has 2 unspecified atom stereocenters. The number of hydrogen-bond donors (Lipinski definition) is 4. The Balaban J connectivity index is 1.67. The highest BCUT2D eigenvalue weighted by molar-refractivity contribution is 7.80. The first-order chi connectivity index (χ1) is 17.0. The van der Waals surface area contributed by atoms with E-state index in [1.807, 2.05) is 66.7 Å². The Labute approximate surface area is 212 Å². The van der Waals surface area contributed by atoms with Crippen LogP contribution in [0.25, 0.3) is 0 Å². The summed E-state index contributed by atoms with van der Waals surface area (Å²) in [5, 5.41) is 6.76. The summed E-state index contributed by atoms with van der Waals surface area (Å²) in [5.41, 5.74) is 8.46. The molecular weight excluding hydrogens is 460 g/mol. The van der Waals surface area contributed by atoms with E-state index >= 15 is 0 Å². The summed E-state index contributed by atoms with van der Waals surface area (Å²) < 4.78 is 10.6. The molecule has 0 saturated carbocycles. The van der Waals surface area contributed by atoms with Crippen molar-refractivity contribution in [2.24, 2.45) is 0 Å². The van der Waals surface area contributed by atoms with E-state index in [9.17, 15) is 4.79 Å². The second kappa shape index (κ2) is 13.3. The fraction of sp³-hybridized carbons (Fsp3) is 0.259. The molecule has 184 valence electrons. The van der Waals surface area contributed by atoms with Gasteiger partial charge in [-0.3, -0.25) is 15.6 Å². The highest BCUT2D eigenvalue weighted by atomic mass is 32.1. The summed E-state index contributed by atoms with van der Waals surface area (Å²) in [5.74, 6) is 1.50. The number of anilines is 1. The largest absolute Gasteiger partial charge is 0.497 e. The lowest BCUT2D eigenvalue weighted by molar-refractivity contribution is -0.120. The fourth-order valence-corrected chi connectivity index (χ4v) is 4.04. The molecule has 35 heavy (non-hydrogen) atoms. The summed E-state index contributed by atoms with van der Waals surface area (Å²) in [6, 6.07) is 25.4. The number of hydrazine groups is 1. The van der Waals surface area contributed by atoms with Gasteiger partial charge in [-0.1, -0.05) is 49.4 Å². The van der Waals surface area contributed by atoms with Gasteiger partial charge in [0, 0.05) is 17.6 Å². The molecule has 1 amide bonds. The highest BCUT2D eigenvalue weighted by Gasteiger charge is 2.24. The van der Waals surface area contributed by atoms with Crippen molar-refractivity contribution < 1.29 is 14.3 Å². The minimum atomic E-state index is -0.231. The predicted octanol–water partition coefficient (Wildman–Crippen LogP) is 4.55. The number of benzene rings is 3. The van der Waals surface area contributed by atoms with Gasteiger partial charge in [-0.25, -0.2) is 0 Å². The number of hydrogen-bond acceptors (Lipinski definition) is 5. The summed E-state index contributed by atoms with van der Waals surface area (Å²) in [6.07, 6.45) is 0.876. The topological polar surface area (TPSA) is 83.7 Å². The van der Waals surface area contributed by atoms with Crippen molar-refractivity contribution >= 4 is 28.9 Å². The predicted molar refractivity (Wildman–Crippen MR) is 144 cm³/mol. The fourth-order valence-electron chi connectivity index (χ4n) is 3.88. The lowest BCUT2D eigenvalue weighted by Crippen LogP contribution is -2.47. The van der Waals surface area contributed by atoms with E-state index in [-0.39, 0.29) is 24.4 Å². The third-order valence-corrected chi connectivity index (χ3v) is 5.89. The van der Waals surface area contributed by atoms with Crippen LogP contribution in [-0.2, 0) is 4.79 Å². The molecular formula is C27H32N4O3S. The average Bonchev–Trinajstić information content (AvgIpc) is 2.90. The molecule has 3 rings (SSSR count). The molecule has 0 heterocycles. The van der Waals surface area contributed by atoms with Gasteiger partial charge in [0.1, 0.15) is 11.5 Å². The number of para-hydroxylation sites is 1. The average molecular weight is 493 g/mol. The molecule has 0 aliphatic rings. The van der Waals surface area contributed by atoms with Gasteiger partial charge in [-0.15, -0.1) is 0 Å². The Morgan fingerprint density at radius 1 is 0.829 bits per heavy atom. The minimum absolute atomic E-state index is 0.0977. The summed E-state index contributed by atoms with van der Waals surface area (Å²) in [6.45, 7) is 2.24. The molecule has 0 bridgehead atoms. The Kier molecular flexibility index (Phi) is 9.89. The highest BCUT2D eigenvalue weighted by Crippen LogP contribution is 2.35. The van der Waals surface area contributed by atoms with Gasteiger partial charge in [0.05, 0.1) is 20.8 Å². The van der Waals surface area contributed by atoms with Crippen LogP contribution >= 0.6 is 12.2 Å². The van der Waals surface area contributed by atoms with E-state index in [0.717, 1.165) is 34.7 Å². The number of rotatable bonds is 10. The van der Waals surface area contributed by atoms with Crippen molar-refractivity contribution in [3.05, 3.63) is 90.0 Å². The van der Waals surface area contributed by atoms with E-state index in [0.29, 0.717) is 5.11 Å². The normalized spacial score (nSPS) is 12.2. The Bertz CT molecular complexity index is 1080. The summed E-state index contributed by atoms with van der Waals surface area (Å²) >= 11 is 5.26. The molecule has 3 aromatic rings.